The summed E-state index contributed by atoms with van der Waals surface area (Å²) in [6.45, 7) is 5.59. The largest absolute Gasteiger partial charge is 0.480 e. The normalized spacial score (nSPS) is 11.8. The molecule has 6 heteroatoms. The molecule has 1 aromatic rings. The molecular weight excluding hydrogens is 272 g/mol. The fourth-order valence-electron chi connectivity index (χ4n) is 1.74. The Morgan fingerprint density at radius 1 is 1.10 bits per heavy atom. The maximum absolute atomic E-state index is 11.7. The second kappa shape index (κ2) is 7.42. The van der Waals surface area contributed by atoms with Gasteiger partial charge in [-0.05, 0) is 31.4 Å². The summed E-state index contributed by atoms with van der Waals surface area (Å²) >= 11 is 0. The molecule has 0 fully saturated rings. The zero-order valence-electron chi connectivity index (χ0n) is 12.3. The van der Waals surface area contributed by atoms with Gasteiger partial charge in [-0.1, -0.05) is 31.5 Å². The van der Waals surface area contributed by atoms with E-state index < -0.39 is 23.8 Å². The molecule has 0 aliphatic carbocycles. The van der Waals surface area contributed by atoms with Crippen molar-refractivity contribution in [3.8, 4) is 0 Å². The Hall–Kier alpha value is -2.37. The molecule has 0 saturated carbocycles. The smallest absolute Gasteiger partial charge is 0.326 e. The molecule has 0 heterocycles. The van der Waals surface area contributed by atoms with Crippen molar-refractivity contribution < 1.29 is 19.5 Å². The molecule has 0 aliphatic rings. The van der Waals surface area contributed by atoms with Crippen molar-refractivity contribution in [3.05, 3.63) is 29.8 Å². The maximum atomic E-state index is 11.7. The van der Waals surface area contributed by atoms with E-state index in [0.29, 0.717) is 5.69 Å². The van der Waals surface area contributed by atoms with Gasteiger partial charge in [0.15, 0.2) is 0 Å². The lowest BCUT2D eigenvalue weighted by Gasteiger charge is -2.16. The zero-order chi connectivity index (χ0) is 16.0. The molecular formula is C15H20N2O4. The van der Waals surface area contributed by atoms with E-state index in [-0.39, 0.29) is 12.3 Å². The van der Waals surface area contributed by atoms with Crippen LogP contribution in [0.5, 0.6) is 0 Å². The topological polar surface area (TPSA) is 95.5 Å². The molecule has 0 radical (unpaired) electrons. The van der Waals surface area contributed by atoms with Crippen molar-refractivity contribution in [1.29, 1.82) is 0 Å². The minimum absolute atomic E-state index is 0.0894. The number of carbonyl (C=O) groups is 3. The molecule has 0 bridgehead atoms. The Kier molecular flexibility index (Phi) is 5.90. The van der Waals surface area contributed by atoms with Gasteiger partial charge in [0.1, 0.15) is 6.04 Å². The van der Waals surface area contributed by atoms with Crippen LogP contribution in [-0.4, -0.2) is 28.9 Å². The van der Waals surface area contributed by atoms with Crippen LogP contribution < -0.4 is 10.6 Å². The number of carboxylic acid groups (broad SMARTS) is 1. The summed E-state index contributed by atoms with van der Waals surface area (Å²) < 4.78 is 0. The fourth-order valence-corrected chi connectivity index (χ4v) is 1.74. The van der Waals surface area contributed by atoms with Crippen molar-refractivity contribution in [2.45, 2.75) is 33.2 Å². The Morgan fingerprint density at radius 3 is 2.14 bits per heavy atom. The van der Waals surface area contributed by atoms with Crippen LogP contribution in [0.15, 0.2) is 24.3 Å². The second-order valence-electron chi connectivity index (χ2n) is 5.31. The van der Waals surface area contributed by atoms with E-state index in [1.165, 1.54) is 0 Å². The quantitative estimate of drug-likeness (QED) is 0.717. The highest BCUT2D eigenvalue weighted by atomic mass is 16.4. The third kappa shape index (κ3) is 5.64. The maximum Gasteiger partial charge on any atom is 0.326 e. The predicted octanol–water partition coefficient (Wildman–Crippen LogP) is 1.55. The SMILES string of the molecule is Cc1ccc(NC(=O)C(=O)N[C@H](CC(C)C)C(=O)O)cc1. The first-order valence-corrected chi connectivity index (χ1v) is 6.71. The first-order chi connectivity index (χ1) is 9.79. The highest BCUT2D eigenvalue weighted by molar-refractivity contribution is 6.40. The van der Waals surface area contributed by atoms with Crippen LogP contribution in [0.25, 0.3) is 0 Å². The molecule has 0 saturated heterocycles. The number of hydrogen-bond acceptors (Lipinski definition) is 3. The molecule has 2 amide bonds. The highest BCUT2D eigenvalue weighted by Gasteiger charge is 2.24. The first-order valence-electron chi connectivity index (χ1n) is 6.71. The van der Waals surface area contributed by atoms with E-state index in [1.54, 1.807) is 24.3 Å². The van der Waals surface area contributed by atoms with E-state index >= 15 is 0 Å². The number of nitrogens with one attached hydrogen (secondary N) is 2. The van der Waals surface area contributed by atoms with E-state index in [1.807, 2.05) is 20.8 Å². The van der Waals surface area contributed by atoms with Gasteiger partial charge in [0.05, 0.1) is 0 Å². The molecule has 6 nitrogen and oxygen atoms in total. The minimum atomic E-state index is -1.15. The van der Waals surface area contributed by atoms with Crippen LogP contribution in [0, 0.1) is 12.8 Å². The van der Waals surface area contributed by atoms with Gasteiger partial charge < -0.3 is 15.7 Å². The molecule has 1 atom stereocenters. The van der Waals surface area contributed by atoms with E-state index in [9.17, 15) is 14.4 Å². The Labute approximate surface area is 123 Å². The third-order valence-electron chi connectivity index (χ3n) is 2.83. The number of aliphatic carboxylic acids is 1. The molecule has 114 valence electrons. The summed E-state index contributed by atoms with van der Waals surface area (Å²) in [5.41, 5.74) is 1.51. The fraction of sp³-hybridized carbons (Fsp3) is 0.400. The molecule has 3 N–H and O–H groups in total. The summed E-state index contributed by atoms with van der Waals surface area (Å²) in [6.07, 6.45) is 0.263. The van der Waals surface area contributed by atoms with Crippen molar-refractivity contribution in [1.82, 2.24) is 5.32 Å². The van der Waals surface area contributed by atoms with Gasteiger partial charge in [0.25, 0.3) is 0 Å². The van der Waals surface area contributed by atoms with Gasteiger partial charge in [0.2, 0.25) is 0 Å². The van der Waals surface area contributed by atoms with E-state index in [0.717, 1.165) is 5.56 Å². The van der Waals surface area contributed by atoms with Crippen LogP contribution >= 0.6 is 0 Å². The lowest BCUT2D eigenvalue weighted by atomic mass is 10.0. The van der Waals surface area contributed by atoms with Gasteiger partial charge in [-0.2, -0.15) is 0 Å². The number of amides is 2. The monoisotopic (exact) mass is 292 g/mol. The van der Waals surface area contributed by atoms with E-state index in [4.69, 9.17) is 5.11 Å². The number of carbonyl (C=O) groups excluding carboxylic acids is 2. The Morgan fingerprint density at radius 2 is 1.67 bits per heavy atom. The summed E-state index contributed by atoms with van der Waals surface area (Å²) in [4.78, 5) is 34.5. The van der Waals surface area contributed by atoms with Crippen LogP contribution in [0.2, 0.25) is 0 Å². The van der Waals surface area contributed by atoms with Gasteiger partial charge >= 0.3 is 17.8 Å². The summed E-state index contributed by atoms with van der Waals surface area (Å²) in [5, 5.41) is 13.7. The summed E-state index contributed by atoms with van der Waals surface area (Å²) in [6, 6.07) is 5.87. The van der Waals surface area contributed by atoms with Crippen LogP contribution in [0.3, 0.4) is 0 Å². The average Bonchev–Trinajstić information content (AvgIpc) is 2.39. The number of rotatable bonds is 5. The van der Waals surface area contributed by atoms with Crippen LogP contribution in [-0.2, 0) is 14.4 Å². The number of carboxylic acids is 1. The Bertz CT molecular complexity index is 523. The lowest BCUT2D eigenvalue weighted by Crippen LogP contribution is -2.46. The van der Waals surface area contributed by atoms with Crippen LogP contribution in [0.1, 0.15) is 25.8 Å². The summed E-state index contributed by atoms with van der Waals surface area (Å²) in [5.74, 6) is -2.90. The number of anilines is 1. The molecule has 1 rings (SSSR count). The molecule has 1 aromatic carbocycles. The van der Waals surface area contributed by atoms with Gasteiger partial charge in [0, 0.05) is 5.69 Å². The number of benzene rings is 1. The summed E-state index contributed by atoms with van der Waals surface area (Å²) in [7, 11) is 0. The zero-order valence-corrected chi connectivity index (χ0v) is 12.3. The number of aryl methyl sites for hydroxylation is 1. The second-order valence-corrected chi connectivity index (χ2v) is 5.31. The Balaban J connectivity index is 2.62. The van der Waals surface area contributed by atoms with Crippen molar-refractivity contribution >= 4 is 23.5 Å². The number of hydrogen-bond donors (Lipinski definition) is 3. The molecule has 0 aromatic heterocycles. The predicted molar refractivity (Wildman–Crippen MR) is 78.8 cm³/mol. The molecule has 21 heavy (non-hydrogen) atoms. The standard InChI is InChI=1S/C15H20N2O4/c1-9(2)8-12(15(20)21)17-14(19)13(18)16-11-6-4-10(3)5-7-11/h4-7,9,12H,8H2,1-3H3,(H,16,18)(H,17,19)(H,20,21)/t12-/m1/s1. The molecule has 0 spiro atoms. The van der Waals surface area contributed by atoms with Gasteiger partial charge in [-0.3, -0.25) is 9.59 Å². The highest BCUT2D eigenvalue weighted by Crippen LogP contribution is 2.09. The van der Waals surface area contributed by atoms with Crippen LogP contribution in [0.4, 0.5) is 5.69 Å². The third-order valence-corrected chi connectivity index (χ3v) is 2.83. The van der Waals surface area contributed by atoms with Crippen molar-refractivity contribution in [2.24, 2.45) is 5.92 Å². The molecule has 0 aliphatic heterocycles. The van der Waals surface area contributed by atoms with Crippen molar-refractivity contribution in [3.63, 3.8) is 0 Å². The first kappa shape index (κ1) is 16.7. The van der Waals surface area contributed by atoms with Gasteiger partial charge in [-0.15, -0.1) is 0 Å². The van der Waals surface area contributed by atoms with Crippen molar-refractivity contribution in [2.75, 3.05) is 5.32 Å². The minimum Gasteiger partial charge on any atom is -0.480 e. The average molecular weight is 292 g/mol. The van der Waals surface area contributed by atoms with Gasteiger partial charge in [-0.25, -0.2) is 4.79 Å². The van der Waals surface area contributed by atoms with E-state index in [2.05, 4.69) is 10.6 Å². The lowest BCUT2D eigenvalue weighted by molar-refractivity contribution is -0.144. The molecule has 0 unspecified atom stereocenters.